The van der Waals surface area contributed by atoms with Crippen LogP contribution in [0.5, 0.6) is 11.6 Å². The molecule has 1 atom stereocenters. The van der Waals surface area contributed by atoms with Crippen molar-refractivity contribution in [1.29, 1.82) is 0 Å². The first-order valence-electron chi connectivity index (χ1n) is 6.46. The number of rotatable bonds is 3. The lowest BCUT2D eigenvalue weighted by Gasteiger charge is -2.12. The fourth-order valence-electron chi connectivity index (χ4n) is 2.09. The van der Waals surface area contributed by atoms with E-state index in [0.717, 1.165) is 22.9 Å². The van der Waals surface area contributed by atoms with Gasteiger partial charge in [0.25, 0.3) is 0 Å². The second-order valence-electron chi connectivity index (χ2n) is 4.67. The molecule has 0 saturated carbocycles. The fourth-order valence-corrected chi connectivity index (χ4v) is 2.09. The third kappa shape index (κ3) is 2.49. The first kappa shape index (κ1) is 12.7. The number of aryl methyl sites for hydroxylation is 2. The molecule has 0 radical (unpaired) electrons. The SMILES string of the molecule is Cc1nn(C)c2c1C=NC(COc1cccnc1)CO2. The molecule has 0 fully saturated rings. The second-order valence-corrected chi connectivity index (χ2v) is 4.67. The van der Waals surface area contributed by atoms with Gasteiger partial charge in [0, 0.05) is 19.5 Å². The highest BCUT2D eigenvalue weighted by Crippen LogP contribution is 2.22. The molecule has 0 N–H and O–H groups in total. The minimum absolute atomic E-state index is 0.0398. The van der Waals surface area contributed by atoms with E-state index in [4.69, 9.17) is 9.47 Å². The number of hydrogen-bond acceptors (Lipinski definition) is 5. The Hall–Kier alpha value is -2.37. The van der Waals surface area contributed by atoms with Crippen LogP contribution in [0.4, 0.5) is 0 Å². The third-order valence-electron chi connectivity index (χ3n) is 3.12. The average Bonchev–Trinajstić information content (AvgIpc) is 2.65. The van der Waals surface area contributed by atoms with Gasteiger partial charge in [0.2, 0.25) is 5.88 Å². The van der Waals surface area contributed by atoms with Crippen LogP contribution in [0.25, 0.3) is 0 Å². The van der Waals surface area contributed by atoms with E-state index in [1.807, 2.05) is 32.3 Å². The smallest absolute Gasteiger partial charge is 0.220 e. The Morgan fingerprint density at radius 3 is 3.20 bits per heavy atom. The summed E-state index contributed by atoms with van der Waals surface area (Å²) in [6, 6.07) is 3.67. The van der Waals surface area contributed by atoms with Gasteiger partial charge >= 0.3 is 0 Å². The number of aromatic nitrogens is 3. The molecule has 0 saturated heterocycles. The first-order valence-corrected chi connectivity index (χ1v) is 6.46. The van der Waals surface area contributed by atoms with Gasteiger partial charge in [-0.3, -0.25) is 9.98 Å². The van der Waals surface area contributed by atoms with Gasteiger partial charge in [-0.25, -0.2) is 4.68 Å². The quantitative estimate of drug-likeness (QED) is 0.847. The van der Waals surface area contributed by atoms with Crippen molar-refractivity contribution >= 4 is 6.21 Å². The van der Waals surface area contributed by atoms with Gasteiger partial charge in [0.1, 0.15) is 25.0 Å². The molecule has 104 valence electrons. The maximum Gasteiger partial charge on any atom is 0.220 e. The van der Waals surface area contributed by atoms with Gasteiger partial charge in [-0.1, -0.05) is 0 Å². The predicted octanol–water partition coefficient (Wildman–Crippen LogP) is 1.38. The zero-order chi connectivity index (χ0) is 13.9. The number of aliphatic imine (C=N–C) groups is 1. The van der Waals surface area contributed by atoms with Crippen molar-refractivity contribution < 1.29 is 9.47 Å². The van der Waals surface area contributed by atoms with Gasteiger partial charge in [-0.2, -0.15) is 5.10 Å². The highest BCUT2D eigenvalue weighted by molar-refractivity contribution is 5.84. The maximum absolute atomic E-state index is 5.78. The van der Waals surface area contributed by atoms with Crippen molar-refractivity contribution in [2.45, 2.75) is 13.0 Å². The molecule has 1 unspecified atom stereocenters. The number of hydrogen-bond donors (Lipinski definition) is 0. The molecule has 20 heavy (non-hydrogen) atoms. The van der Waals surface area contributed by atoms with Crippen molar-refractivity contribution in [3.63, 3.8) is 0 Å². The molecule has 0 spiro atoms. The largest absolute Gasteiger partial charge is 0.490 e. The lowest BCUT2D eigenvalue weighted by molar-refractivity contribution is 0.213. The zero-order valence-corrected chi connectivity index (χ0v) is 11.5. The van der Waals surface area contributed by atoms with Crippen LogP contribution in [0.1, 0.15) is 11.3 Å². The molecule has 2 aromatic rings. The van der Waals surface area contributed by atoms with E-state index in [-0.39, 0.29) is 6.04 Å². The minimum Gasteiger partial charge on any atom is -0.490 e. The molecule has 2 aromatic heterocycles. The van der Waals surface area contributed by atoms with Crippen LogP contribution in [-0.4, -0.2) is 40.2 Å². The Bertz CT molecular complexity index is 622. The summed E-state index contributed by atoms with van der Waals surface area (Å²) >= 11 is 0. The van der Waals surface area contributed by atoms with Gasteiger partial charge < -0.3 is 9.47 Å². The van der Waals surface area contributed by atoms with Crippen LogP contribution in [0, 0.1) is 6.92 Å². The lowest BCUT2D eigenvalue weighted by atomic mass is 10.3. The van der Waals surface area contributed by atoms with Gasteiger partial charge in [-0.15, -0.1) is 0 Å². The summed E-state index contributed by atoms with van der Waals surface area (Å²) in [5.41, 5.74) is 1.86. The summed E-state index contributed by atoms with van der Waals surface area (Å²) in [5.74, 6) is 1.50. The zero-order valence-electron chi connectivity index (χ0n) is 11.5. The van der Waals surface area contributed by atoms with Crippen molar-refractivity contribution in [3.05, 3.63) is 35.8 Å². The standard InChI is InChI=1S/C14H16N4O2/c1-10-13-7-16-11(9-20-14(13)18(2)17-10)8-19-12-4-3-5-15-6-12/h3-7,11H,8-9H2,1-2H3. The predicted molar refractivity (Wildman–Crippen MR) is 74.6 cm³/mol. The molecule has 0 aromatic carbocycles. The van der Waals surface area contributed by atoms with Crippen LogP contribution in [0.3, 0.4) is 0 Å². The molecule has 3 rings (SSSR count). The molecule has 0 aliphatic carbocycles. The van der Waals surface area contributed by atoms with Crippen LogP contribution in [0.2, 0.25) is 0 Å². The van der Waals surface area contributed by atoms with Crippen LogP contribution in [0.15, 0.2) is 29.5 Å². The van der Waals surface area contributed by atoms with E-state index in [1.54, 1.807) is 17.1 Å². The molecular weight excluding hydrogens is 256 g/mol. The minimum atomic E-state index is -0.0398. The Morgan fingerprint density at radius 1 is 1.50 bits per heavy atom. The molecular formula is C14H16N4O2. The second kappa shape index (κ2) is 5.32. The van der Waals surface area contributed by atoms with E-state index in [2.05, 4.69) is 15.1 Å². The summed E-state index contributed by atoms with van der Waals surface area (Å²) in [6.07, 6.45) is 5.22. The number of fused-ring (bicyclic) bond motifs is 1. The lowest BCUT2D eigenvalue weighted by Crippen LogP contribution is -2.23. The molecule has 0 amide bonds. The van der Waals surface area contributed by atoms with E-state index >= 15 is 0 Å². The van der Waals surface area contributed by atoms with Crippen molar-refractivity contribution in [3.8, 4) is 11.6 Å². The van der Waals surface area contributed by atoms with E-state index < -0.39 is 0 Å². The summed E-state index contributed by atoms with van der Waals surface area (Å²) in [6.45, 7) is 2.88. The molecule has 0 bridgehead atoms. The van der Waals surface area contributed by atoms with Crippen molar-refractivity contribution in [1.82, 2.24) is 14.8 Å². The monoisotopic (exact) mass is 272 g/mol. The summed E-state index contributed by atoms with van der Waals surface area (Å²) in [7, 11) is 1.87. The Labute approximate surface area is 117 Å². The summed E-state index contributed by atoms with van der Waals surface area (Å²) in [4.78, 5) is 8.51. The van der Waals surface area contributed by atoms with Gasteiger partial charge in [-0.05, 0) is 19.1 Å². The van der Waals surface area contributed by atoms with Crippen LogP contribution < -0.4 is 9.47 Å². The summed E-state index contributed by atoms with van der Waals surface area (Å²) < 4.78 is 13.2. The van der Waals surface area contributed by atoms with E-state index in [0.29, 0.717) is 13.2 Å². The van der Waals surface area contributed by atoms with Crippen LogP contribution >= 0.6 is 0 Å². The van der Waals surface area contributed by atoms with Gasteiger partial charge in [0.15, 0.2) is 0 Å². The highest BCUT2D eigenvalue weighted by Gasteiger charge is 2.19. The topological polar surface area (TPSA) is 61.5 Å². The molecule has 3 heterocycles. The average molecular weight is 272 g/mol. The van der Waals surface area contributed by atoms with Crippen LogP contribution in [-0.2, 0) is 7.05 Å². The fraction of sp³-hybridized carbons (Fsp3) is 0.357. The summed E-state index contributed by atoms with van der Waals surface area (Å²) in [5, 5.41) is 4.31. The molecule has 6 nitrogen and oxygen atoms in total. The number of pyridine rings is 1. The van der Waals surface area contributed by atoms with Gasteiger partial charge in [0.05, 0.1) is 17.5 Å². The normalized spacial score (nSPS) is 17.2. The Balaban J connectivity index is 1.67. The number of nitrogens with zero attached hydrogens (tertiary/aromatic N) is 4. The van der Waals surface area contributed by atoms with Crippen molar-refractivity contribution in [2.75, 3.05) is 13.2 Å². The Kier molecular flexibility index (Phi) is 3.37. The Morgan fingerprint density at radius 2 is 2.40 bits per heavy atom. The highest BCUT2D eigenvalue weighted by atomic mass is 16.5. The number of ether oxygens (including phenoxy) is 2. The third-order valence-corrected chi connectivity index (χ3v) is 3.12. The molecule has 1 aliphatic heterocycles. The molecule has 6 heteroatoms. The van der Waals surface area contributed by atoms with E-state index in [9.17, 15) is 0 Å². The molecule has 1 aliphatic rings. The maximum atomic E-state index is 5.78. The van der Waals surface area contributed by atoms with E-state index in [1.165, 1.54) is 0 Å². The first-order chi connectivity index (χ1) is 9.74. The van der Waals surface area contributed by atoms with Crippen molar-refractivity contribution in [2.24, 2.45) is 12.0 Å².